The third-order valence-corrected chi connectivity index (χ3v) is 4.30. The van der Waals surface area contributed by atoms with Crippen molar-refractivity contribution in [1.29, 1.82) is 0 Å². The third-order valence-electron chi connectivity index (χ3n) is 3.26. The highest BCUT2D eigenvalue weighted by molar-refractivity contribution is 9.11. The van der Waals surface area contributed by atoms with Gasteiger partial charge < -0.3 is 9.84 Å². The molecule has 0 amide bonds. The second-order valence-electron chi connectivity index (χ2n) is 4.64. The summed E-state index contributed by atoms with van der Waals surface area (Å²) in [5.41, 5.74) is 0.684. The second kappa shape index (κ2) is 5.30. The molecule has 0 radical (unpaired) electrons. The molecule has 1 aliphatic heterocycles. The Morgan fingerprint density at radius 3 is 2.95 bits per heavy atom. The topological polar surface area (TPSA) is 63.8 Å². The van der Waals surface area contributed by atoms with Crippen molar-refractivity contribution in [2.75, 3.05) is 6.54 Å². The Morgan fingerprint density at radius 1 is 1.42 bits per heavy atom. The Kier molecular flexibility index (Phi) is 3.68. The van der Waals surface area contributed by atoms with E-state index in [2.05, 4.69) is 59.2 Å². The first-order chi connectivity index (χ1) is 9.15. The minimum atomic E-state index is 0.149. The molecule has 0 saturated carbocycles. The van der Waals surface area contributed by atoms with Crippen LogP contribution in [-0.2, 0) is 0 Å². The molecule has 0 aliphatic carbocycles. The van der Waals surface area contributed by atoms with Gasteiger partial charge in [-0.05, 0) is 56.8 Å². The predicted molar refractivity (Wildman–Crippen MR) is 77.5 cm³/mol. The second-order valence-corrected chi connectivity index (χ2v) is 6.41. The monoisotopic (exact) mass is 386 g/mol. The predicted octanol–water partition coefficient (Wildman–Crippen LogP) is 3.33. The average Bonchev–Trinajstić information content (AvgIpc) is 2.97. The Balaban J connectivity index is 1.92. The van der Waals surface area contributed by atoms with Crippen LogP contribution in [0.3, 0.4) is 0 Å². The van der Waals surface area contributed by atoms with Crippen LogP contribution in [-0.4, -0.2) is 21.7 Å². The molecule has 0 spiro atoms. The first-order valence-corrected chi connectivity index (χ1v) is 7.62. The average molecular weight is 388 g/mol. The lowest BCUT2D eigenvalue weighted by atomic mass is 10.0. The van der Waals surface area contributed by atoms with Gasteiger partial charge >= 0.3 is 0 Å². The number of hydrogen-bond donors (Lipinski definition) is 1. The maximum Gasteiger partial charge on any atom is 0.244 e. The molecular weight excluding hydrogens is 376 g/mol. The molecule has 0 bridgehead atoms. The summed E-state index contributed by atoms with van der Waals surface area (Å²) in [5.74, 6) is 1.65. The van der Waals surface area contributed by atoms with Gasteiger partial charge in [-0.1, -0.05) is 12.1 Å². The zero-order valence-corrected chi connectivity index (χ0v) is 13.4. The maximum atomic E-state index is 5.36. The molecule has 2 aromatic rings. The van der Waals surface area contributed by atoms with Crippen LogP contribution in [0.2, 0.25) is 0 Å². The van der Waals surface area contributed by atoms with Gasteiger partial charge in [-0.3, -0.25) is 4.98 Å². The molecule has 1 saturated heterocycles. The fraction of sp³-hybridized carbons (Fsp3) is 0.417. The number of pyridine rings is 1. The van der Waals surface area contributed by atoms with E-state index in [4.69, 9.17) is 4.52 Å². The SMILES string of the molecule is CC1CCNC1c1nc(-c2ncc(Br)cc2Br)no1. The van der Waals surface area contributed by atoms with E-state index in [1.165, 1.54) is 0 Å². The number of aromatic nitrogens is 3. The first-order valence-electron chi connectivity index (χ1n) is 6.03. The van der Waals surface area contributed by atoms with E-state index < -0.39 is 0 Å². The van der Waals surface area contributed by atoms with Gasteiger partial charge in [0.25, 0.3) is 0 Å². The molecule has 1 N–H and O–H groups in total. The van der Waals surface area contributed by atoms with Crippen molar-refractivity contribution in [2.24, 2.45) is 5.92 Å². The molecule has 2 aromatic heterocycles. The van der Waals surface area contributed by atoms with E-state index in [-0.39, 0.29) is 6.04 Å². The van der Waals surface area contributed by atoms with Crippen molar-refractivity contribution in [3.8, 4) is 11.5 Å². The zero-order chi connectivity index (χ0) is 13.4. The molecule has 1 fully saturated rings. The van der Waals surface area contributed by atoms with Gasteiger partial charge in [-0.15, -0.1) is 0 Å². The maximum absolute atomic E-state index is 5.36. The number of halogens is 2. The number of hydrogen-bond acceptors (Lipinski definition) is 5. The zero-order valence-electron chi connectivity index (χ0n) is 10.2. The molecule has 0 aromatic carbocycles. The minimum Gasteiger partial charge on any atom is -0.337 e. The summed E-state index contributed by atoms with van der Waals surface area (Å²) in [4.78, 5) is 8.76. The third kappa shape index (κ3) is 2.59. The first kappa shape index (κ1) is 13.2. The molecule has 1 aliphatic rings. The van der Waals surface area contributed by atoms with Gasteiger partial charge in [0.05, 0.1) is 6.04 Å². The molecule has 2 unspecified atom stereocenters. The van der Waals surface area contributed by atoms with Crippen LogP contribution in [0.1, 0.15) is 25.3 Å². The molecule has 2 atom stereocenters. The quantitative estimate of drug-likeness (QED) is 0.856. The van der Waals surface area contributed by atoms with Gasteiger partial charge in [0.2, 0.25) is 11.7 Å². The molecule has 3 rings (SSSR count). The summed E-state index contributed by atoms with van der Waals surface area (Å²) < 4.78 is 7.10. The Hall–Kier alpha value is -0.790. The van der Waals surface area contributed by atoms with Gasteiger partial charge in [-0.25, -0.2) is 0 Å². The largest absolute Gasteiger partial charge is 0.337 e. The van der Waals surface area contributed by atoms with Gasteiger partial charge in [-0.2, -0.15) is 4.98 Å². The van der Waals surface area contributed by atoms with E-state index in [1.54, 1.807) is 6.20 Å². The highest BCUT2D eigenvalue weighted by Gasteiger charge is 2.29. The standard InChI is InChI=1S/C12H12Br2N4O/c1-6-2-3-15-9(6)12-17-11(18-19-12)10-8(14)4-7(13)5-16-10/h4-6,9,15H,2-3H2,1H3. The van der Waals surface area contributed by atoms with Crippen LogP contribution in [0, 0.1) is 5.92 Å². The summed E-state index contributed by atoms with van der Waals surface area (Å²) in [6, 6.07) is 2.06. The van der Waals surface area contributed by atoms with Crippen LogP contribution < -0.4 is 5.32 Å². The van der Waals surface area contributed by atoms with Crippen molar-refractivity contribution < 1.29 is 4.52 Å². The van der Waals surface area contributed by atoms with Crippen molar-refractivity contribution in [2.45, 2.75) is 19.4 Å². The van der Waals surface area contributed by atoms with E-state index in [0.717, 1.165) is 21.9 Å². The minimum absolute atomic E-state index is 0.149. The van der Waals surface area contributed by atoms with Crippen LogP contribution in [0.4, 0.5) is 0 Å². The molecule has 19 heavy (non-hydrogen) atoms. The van der Waals surface area contributed by atoms with Crippen molar-refractivity contribution in [3.63, 3.8) is 0 Å². The fourth-order valence-electron chi connectivity index (χ4n) is 2.20. The summed E-state index contributed by atoms with van der Waals surface area (Å²) >= 11 is 6.83. The van der Waals surface area contributed by atoms with Gasteiger partial charge in [0, 0.05) is 15.1 Å². The van der Waals surface area contributed by atoms with Crippen LogP contribution in [0.5, 0.6) is 0 Å². The van der Waals surface area contributed by atoms with Crippen LogP contribution in [0.25, 0.3) is 11.5 Å². The Morgan fingerprint density at radius 2 is 2.26 bits per heavy atom. The molecular formula is C12H12Br2N4O. The number of nitrogens with one attached hydrogen (secondary N) is 1. The summed E-state index contributed by atoms with van der Waals surface area (Å²) in [7, 11) is 0. The number of rotatable bonds is 2. The van der Waals surface area contributed by atoms with E-state index in [1.807, 2.05) is 6.07 Å². The van der Waals surface area contributed by atoms with Crippen LogP contribution in [0.15, 0.2) is 25.7 Å². The summed E-state index contributed by atoms with van der Waals surface area (Å²) in [5, 5.41) is 7.40. The van der Waals surface area contributed by atoms with E-state index >= 15 is 0 Å². The molecule has 100 valence electrons. The lowest BCUT2D eigenvalue weighted by Crippen LogP contribution is -2.16. The lowest BCUT2D eigenvalue weighted by Gasteiger charge is -2.09. The van der Waals surface area contributed by atoms with Crippen molar-refractivity contribution in [3.05, 3.63) is 27.1 Å². The fourth-order valence-corrected chi connectivity index (χ4v) is 3.37. The Labute approximate surface area is 127 Å². The molecule has 7 heteroatoms. The normalized spacial score (nSPS) is 22.9. The summed E-state index contributed by atoms with van der Waals surface area (Å²) in [6.07, 6.45) is 2.84. The highest BCUT2D eigenvalue weighted by Crippen LogP contribution is 2.31. The lowest BCUT2D eigenvalue weighted by molar-refractivity contribution is 0.319. The molecule has 5 nitrogen and oxygen atoms in total. The van der Waals surface area contributed by atoms with Gasteiger partial charge in [0.1, 0.15) is 5.69 Å². The van der Waals surface area contributed by atoms with Crippen molar-refractivity contribution in [1.82, 2.24) is 20.4 Å². The van der Waals surface area contributed by atoms with E-state index in [0.29, 0.717) is 23.3 Å². The molecule has 3 heterocycles. The Bertz CT molecular complexity index is 601. The smallest absolute Gasteiger partial charge is 0.244 e. The van der Waals surface area contributed by atoms with Crippen LogP contribution >= 0.6 is 31.9 Å². The van der Waals surface area contributed by atoms with Gasteiger partial charge in [0.15, 0.2) is 0 Å². The van der Waals surface area contributed by atoms with E-state index in [9.17, 15) is 0 Å². The summed E-state index contributed by atoms with van der Waals surface area (Å²) in [6.45, 7) is 3.17. The van der Waals surface area contributed by atoms with Crippen molar-refractivity contribution >= 4 is 31.9 Å². The number of nitrogens with zero attached hydrogens (tertiary/aromatic N) is 3. The highest BCUT2D eigenvalue weighted by atomic mass is 79.9.